The van der Waals surface area contributed by atoms with Crippen LogP contribution in [0.4, 0.5) is 17.1 Å². The van der Waals surface area contributed by atoms with E-state index >= 15 is 0 Å². The largest absolute Gasteiger partial charge is 0.397 e. The quantitative estimate of drug-likeness (QED) is 0.565. The molecule has 4 heteroatoms. The van der Waals surface area contributed by atoms with Gasteiger partial charge in [0.15, 0.2) is 0 Å². The van der Waals surface area contributed by atoms with Crippen molar-refractivity contribution < 1.29 is 0 Å². The number of nitrogens with two attached hydrogens (primary N) is 1. The summed E-state index contributed by atoms with van der Waals surface area (Å²) in [5.41, 5.74) is 9.86. The first-order valence-corrected chi connectivity index (χ1v) is 7.02. The highest BCUT2D eigenvalue weighted by molar-refractivity contribution is 14.1. The minimum Gasteiger partial charge on any atom is -0.397 e. The van der Waals surface area contributed by atoms with Gasteiger partial charge in [-0.3, -0.25) is 0 Å². The van der Waals surface area contributed by atoms with Crippen LogP contribution in [0, 0.1) is 10.5 Å². The van der Waals surface area contributed by atoms with Crippen molar-refractivity contribution in [2.45, 2.75) is 6.92 Å². The Morgan fingerprint density at radius 2 is 2.00 bits per heavy atom. The number of anilines is 3. The molecule has 2 aromatic carbocycles. The summed E-state index contributed by atoms with van der Waals surface area (Å²) < 4.78 is 2.26. The van der Waals surface area contributed by atoms with E-state index in [0.29, 0.717) is 0 Å². The molecular formula is C13H12BrIN2. The Morgan fingerprint density at radius 3 is 2.71 bits per heavy atom. The third-order valence-corrected chi connectivity index (χ3v) is 4.86. The normalized spacial score (nSPS) is 10.3. The van der Waals surface area contributed by atoms with Gasteiger partial charge in [0.05, 0.1) is 11.4 Å². The lowest BCUT2D eigenvalue weighted by molar-refractivity contribution is 1.44. The Kier molecular flexibility index (Phi) is 3.93. The second-order valence-corrected chi connectivity index (χ2v) is 5.81. The average molecular weight is 403 g/mol. The predicted octanol–water partition coefficient (Wildman–Crippen LogP) is 4.69. The van der Waals surface area contributed by atoms with Gasteiger partial charge in [0.1, 0.15) is 0 Å². The van der Waals surface area contributed by atoms with E-state index < -0.39 is 0 Å². The molecule has 0 spiro atoms. The van der Waals surface area contributed by atoms with Gasteiger partial charge < -0.3 is 11.1 Å². The van der Waals surface area contributed by atoms with Crippen LogP contribution in [0.3, 0.4) is 0 Å². The molecule has 88 valence electrons. The van der Waals surface area contributed by atoms with Crippen molar-refractivity contribution in [3.05, 3.63) is 50.0 Å². The number of benzene rings is 2. The highest BCUT2D eigenvalue weighted by atomic mass is 127. The van der Waals surface area contributed by atoms with E-state index in [-0.39, 0.29) is 0 Å². The summed E-state index contributed by atoms with van der Waals surface area (Å²) in [4.78, 5) is 0. The van der Waals surface area contributed by atoms with Crippen LogP contribution in [0.15, 0.2) is 40.9 Å². The number of hydrogen-bond acceptors (Lipinski definition) is 2. The Labute approximate surface area is 123 Å². The van der Waals surface area contributed by atoms with Crippen LogP contribution in [-0.2, 0) is 0 Å². The fourth-order valence-electron chi connectivity index (χ4n) is 1.52. The molecular weight excluding hydrogens is 391 g/mol. The number of nitrogen functional groups attached to an aromatic ring is 1. The third kappa shape index (κ3) is 2.93. The summed E-state index contributed by atoms with van der Waals surface area (Å²) in [6.07, 6.45) is 0. The summed E-state index contributed by atoms with van der Waals surface area (Å²) in [7, 11) is 0. The van der Waals surface area contributed by atoms with Crippen LogP contribution in [0.2, 0.25) is 0 Å². The molecule has 17 heavy (non-hydrogen) atoms. The first kappa shape index (κ1) is 12.7. The van der Waals surface area contributed by atoms with E-state index in [0.717, 1.165) is 27.1 Å². The van der Waals surface area contributed by atoms with E-state index in [1.807, 2.05) is 37.3 Å². The van der Waals surface area contributed by atoms with Crippen LogP contribution in [0.25, 0.3) is 0 Å². The maximum Gasteiger partial charge on any atom is 0.0620 e. The molecule has 2 rings (SSSR count). The topological polar surface area (TPSA) is 38.0 Å². The van der Waals surface area contributed by atoms with E-state index in [4.69, 9.17) is 5.73 Å². The number of nitrogens with one attached hydrogen (secondary N) is 1. The van der Waals surface area contributed by atoms with Gasteiger partial charge in [0.2, 0.25) is 0 Å². The standard InChI is InChI=1S/C13H12BrIN2/c1-8-3-2-4-12(13(8)16)17-9-5-6-11(15)10(14)7-9/h2-7,17H,16H2,1H3. The summed E-state index contributed by atoms with van der Waals surface area (Å²) >= 11 is 5.80. The van der Waals surface area contributed by atoms with Gasteiger partial charge in [-0.1, -0.05) is 12.1 Å². The van der Waals surface area contributed by atoms with Gasteiger partial charge in [-0.15, -0.1) is 0 Å². The molecule has 3 N–H and O–H groups in total. The molecule has 0 saturated carbocycles. The van der Waals surface area contributed by atoms with Crippen molar-refractivity contribution in [3.63, 3.8) is 0 Å². The van der Waals surface area contributed by atoms with E-state index in [1.165, 1.54) is 3.57 Å². The highest BCUT2D eigenvalue weighted by Crippen LogP contribution is 2.28. The van der Waals surface area contributed by atoms with Crippen molar-refractivity contribution in [2.24, 2.45) is 0 Å². The SMILES string of the molecule is Cc1cccc(Nc2ccc(I)c(Br)c2)c1N. The second-order valence-electron chi connectivity index (χ2n) is 3.79. The molecule has 0 aliphatic carbocycles. The number of para-hydroxylation sites is 1. The van der Waals surface area contributed by atoms with Crippen molar-refractivity contribution in [2.75, 3.05) is 11.1 Å². The van der Waals surface area contributed by atoms with Crippen molar-refractivity contribution in [1.82, 2.24) is 0 Å². The Hall–Kier alpha value is -0.750. The molecule has 0 radical (unpaired) electrons. The van der Waals surface area contributed by atoms with Crippen LogP contribution in [0.5, 0.6) is 0 Å². The van der Waals surface area contributed by atoms with Crippen LogP contribution in [0.1, 0.15) is 5.56 Å². The Balaban J connectivity index is 2.31. The highest BCUT2D eigenvalue weighted by Gasteiger charge is 2.03. The maximum atomic E-state index is 6.02. The van der Waals surface area contributed by atoms with Gasteiger partial charge in [-0.2, -0.15) is 0 Å². The third-order valence-electron chi connectivity index (χ3n) is 2.52. The van der Waals surface area contributed by atoms with Crippen molar-refractivity contribution in [1.29, 1.82) is 0 Å². The maximum absolute atomic E-state index is 6.02. The smallest absolute Gasteiger partial charge is 0.0620 e. The number of halogens is 2. The molecule has 2 nitrogen and oxygen atoms in total. The van der Waals surface area contributed by atoms with Crippen molar-refractivity contribution in [3.8, 4) is 0 Å². The molecule has 0 aliphatic rings. The number of hydrogen-bond donors (Lipinski definition) is 2. The van der Waals surface area contributed by atoms with Crippen LogP contribution < -0.4 is 11.1 Å². The summed E-state index contributed by atoms with van der Waals surface area (Å²) in [6.45, 7) is 2.00. The molecule has 0 aliphatic heterocycles. The zero-order chi connectivity index (χ0) is 12.4. The first-order valence-electron chi connectivity index (χ1n) is 5.15. The molecule has 0 amide bonds. The van der Waals surface area contributed by atoms with Gasteiger partial charge in [0, 0.05) is 13.7 Å². The molecule has 0 fully saturated rings. The Bertz CT molecular complexity index is 555. The Morgan fingerprint density at radius 1 is 1.24 bits per heavy atom. The first-order chi connectivity index (χ1) is 8.08. The fraction of sp³-hybridized carbons (Fsp3) is 0.0769. The molecule has 0 saturated heterocycles. The number of aryl methyl sites for hydroxylation is 1. The van der Waals surface area contributed by atoms with E-state index in [9.17, 15) is 0 Å². The fourth-order valence-corrected chi connectivity index (χ4v) is 2.23. The predicted molar refractivity (Wildman–Crippen MR) is 85.7 cm³/mol. The molecule has 0 heterocycles. The lowest BCUT2D eigenvalue weighted by atomic mass is 10.1. The van der Waals surface area contributed by atoms with Gasteiger partial charge >= 0.3 is 0 Å². The summed E-state index contributed by atoms with van der Waals surface area (Å²) in [5.74, 6) is 0. The minimum atomic E-state index is 0.794. The monoisotopic (exact) mass is 402 g/mol. The van der Waals surface area contributed by atoms with Gasteiger partial charge in [-0.05, 0) is 75.3 Å². The molecule has 2 aromatic rings. The summed E-state index contributed by atoms with van der Waals surface area (Å²) in [6, 6.07) is 12.1. The molecule has 0 aromatic heterocycles. The van der Waals surface area contributed by atoms with E-state index in [2.05, 4.69) is 49.9 Å². The van der Waals surface area contributed by atoms with Crippen LogP contribution in [-0.4, -0.2) is 0 Å². The van der Waals surface area contributed by atoms with Crippen LogP contribution >= 0.6 is 38.5 Å². The average Bonchev–Trinajstić information content (AvgIpc) is 2.30. The van der Waals surface area contributed by atoms with Gasteiger partial charge in [-0.25, -0.2) is 0 Å². The lowest BCUT2D eigenvalue weighted by Crippen LogP contribution is -1.98. The van der Waals surface area contributed by atoms with Crippen molar-refractivity contribution >= 4 is 55.6 Å². The molecule has 0 atom stereocenters. The van der Waals surface area contributed by atoms with Gasteiger partial charge in [0.25, 0.3) is 0 Å². The molecule has 0 unspecified atom stereocenters. The minimum absolute atomic E-state index is 0.794. The number of rotatable bonds is 2. The zero-order valence-corrected chi connectivity index (χ0v) is 13.0. The van der Waals surface area contributed by atoms with E-state index in [1.54, 1.807) is 0 Å². The zero-order valence-electron chi connectivity index (χ0n) is 9.30. The lowest BCUT2D eigenvalue weighted by Gasteiger charge is -2.11. The second kappa shape index (κ2) is 5.27. The summed E-state index contributed by atoms with van der Waals surface area (Å²) in [5, 5.41) is 3.32. The molecule has 0 bridgehead atoms.